The molecular weight excluding hydrogens is 202 g/mol. The van der Waals surface area contributed by atoms with Crippen molar-refractivity contribution in [2.24, 2.45) is 0 Å². The summed E-state index contributed by atoms with van der Waals surface area (Å²) in [5.41, 5.74) is 1.12. The molecule has 0 atom stereocenters. The van der Waals surface area contributed by atoms with E-state index in [2.05, 4.69) is 14.3 Å². The highest BCUT2D eigenvalue weighted by Crippen LogP contribution is 2.18. The van der Waals surface area contributed by atoms with Crippen molar-refractivity contribution in [1.82, 2.24) is 14.3 Å². The predicted molar refractivity (Wildman–Crippen MR) is 50.1 cm³/mol. The summed E-state index contributed by atoms with van der Waals surface area (Å²) in [4.78, 5) is 18.7. The monoisotopic (exact) mass is 207 g/mol. The van der Waals surface area contributed by atoms with Crippen LogP contribution in [-0.4, -0.2) is 25.4 Å². The molecule has 2 rings (SSSR count). The predicted octanol–water partition coefficient (Wildman–Crippen LogP) is 1.30. The van der Waals surface area contributed by atoms with E-state index in [-0.39, 0.29) is 4.88 Å². The molecule has 0 saturated carbocycles. The minimum atomic E-state index is -0.974. The largest absolute Gasteiger partial charge is 0.477 e. The van der Waals surface area contributed by atoms with Gasteiger partial charge in [0, 0.05) is 12.4 Å². The lowest BCUT2D eigenvalue weighted by Gasteiger charge is -1.90. The number of aromatic carboxylic acids is 1. The molecule has 0 aromatic carbocycles. The van der Waals surface area contributed by atoms with E-state index in [1.165, 1.54) is 12.3 Å². The Morgan fingerprint density at radius 1 is 1.36 bits per heavy atom. The van der Waals surface area contributed by atoms with Crippen LogP contribution in [0.15, 0.2) is 24.7 Å². The molecule has 0 aliphatic rings. The van der Waals surface area contributed by atoms with Gasteiger partial charge in [0.2, 0.25) is 0 Å². The fourth-order valence-corrected chi connectivity index (χ4v) is 1.51. The number of carboxylic acid groups (broad SMARTS) is 1. The number of rotatable bonds is 2. The first-order chi connectivity index (χ1) is 6.77. The maximum absolute atomic E-state index is 10.6. The van der Waals surface area contributed by atoms with Crippen LogP contribution in [0.1, 0.15) is 9.67 Å². The van der Waals surface area contributed by atoms with Crippen molar-refractivity contribution in [3.8, 4) is 11.4 Å². The van der Waals surface area contributed by atoms with Crippen LogP contribution in [0.3, 0.4) is 0 Å². The lowest BCUT2D eigenvalue weighted by Crippen LogP contribution is -1.90. The molecule has 0 fully saturated rings. The topological polar surface area (TPSA) is 76.0 Å². The smallest absolute Gasteiger partial charge is 0.347 e. The Labute approximate surface area is 83.2 Å². The van der Waals surface area contributed by atoms with Gasteiger partial charge in [-0.2, -0.15) is 4.37 Å². The third-order valence-corrected chi connectivity index (χ3v) is 2.32. The highest BCUT2D eigenvalue weighted by atomic mass is 32.1. The van der Waals surface area contributed by atoms with Crippen LogP contribution in [0.25, 0.3) is 11.4 Å². The molecule has 0 aliphatic heterocycles. The SMILES string of the molecule is O=C(O)c1cc(-c2cnccn2)ns1. The van der Waals surface area contributed by atoms with Crippen LogP contribution in [0.2, 0.25) is 0 Å². The van der Waals surface area contributed by atoms with E-state index in [1.54, 1.807) is 12.4 Å². The Bertz CT molecular complexity index is 455. The minimum Gasteiger partial charge on any atom is -0.477 e. The summed E-state index contributed by atoms with van der Waals surface area (Å²) >= 11 is 0.935. The zero-order valence-corrected chi connectivity index (χ0v) is 7.73. The van der Waals surface area contributed by atoms with Crippen molar-refractivity contribution >= 4 is 17.5 Å². The summed E-state index contributed by atoms with van der Waals surface area (Å²) in [6, 6.07) is 1.48. The molecule has 0 amide bonds. The Balaban J connectivity index is 2.39. The molecule has 2 aromatic heterocycles. The summed E-state index contributed by atoms with van der Waals surface area (Å²) in [7, 11) is 0. The Kier molecular flexibility index (Phi) is 2.19. The van der Waals surface area contributed by atoms with Crippen LogP contribution in [-0.2, 0) is 0 Å². The zero-order chi connectivity index (χ0) is 9.97. The summed E-state index contributed by atoms with van der Waals surface area (Å²) in [6.07, 6.45) is 4.63. The van der Waals surface area contributed by atoms with Crippen LogP contribution in [0.5, 0.6) is 0 Å². The van der Waals surface area contributed by atoms with Gasteiger partial charge < -0.3 is 5.11 Å². The molecular formula is C8H5N3O2S. The molecule has 0 saturated heterocycles. The lowest BCUT2D eigenvalue weighted by molar-refractivity contribution is 0.0702. The molecule has 70 valence electrons. The second-order valence-electron chi connectivity index (χ2n) is 2.47. The van der Waals surface area contributed by atoms with Crippen molar-refractivity contribution in [2.45, 2.75) is 0 Å². The van der Waals surface area contributed by atoms with Crippen LogP contribution in [0.4, 0.5) is 0 Å². The van der Waals surface area contributed by atoms with Gasteiger partial charge in [-0.25, -0.2) is 4.79 Å². The normalized spacial score (nSPS) is 10.0. The van der Waals surface area contributed by atoms with Crippen LogP contribution >= 0.6 is 11.5 Å². The van der Waals surface area contributed by atoms with Gasteiger partial charge in [-0.05, 0) is 17.6 Å². The van der Waals surface area contributed by atoms with E-state index >= 15 is 0 Å². The first kappa shape index (κ1) is 8.76. The molecule has 1 N–H and O–H groups in total. The average Bonchev–Trinajstić information content (AvgIpc) is 2.68. The second-order valence-corrected chi connectivity index (χ2v) is 3.28. The van der Waals surface area contributed by atoms with E-state index in [1.807, 2.05) is 0 Å². The van der Waals surface area contributed by atoms with E-state index in [0.717, 1.165) is 11.5 Å². The van der Waals surface area contributed by atoms with Crippen LogP contribution in [0, 0.1) is 0 Å². The number of hydrogen-bond donors (Lipinski definition) is 1. The molecule has 2 aromatic rings. The van der Waals surface area contributed by atoms with Gasteiger partial charge >= 0.3 is 5.97 Å². The quantitative estimate of drug-likeness (QED) is 0.803. The highest BCUT2D eigenvalue weighted by molar-refractivity contribution is 7.08. The molecule has 6 heteroatoms. The van der Waals surface area contributed by atoms with Crippen molar-refractivity contribution in [3.05, 3.63) is 29.5 Å². The maximum Gasteiger partial charge on any atom is 0.347 e. The highest BCUT2D eigenvalue weighted by Gasteiger charge is 2.10. The van der Waals surface area contributed by atoms with E-state index in [9.17, 15) is 4.79 Å². The van der Waals surface area contributed by atoms with Gasteiger partial charge in [-0.3, -0.25) is 9.97 Å². The van der Waals surface area contributed by atoms with E-state index in [4.69, 9.17) is 5.11 Å². The molecule has 0 aliphatic carbocycles. The molecule has 0 bridgehead atoms. The summed E-state index contributed by atoms with van der Waals surface area (Å²) < 4.78 is 3.97. The summed E-state index contributed by atoms with van der Waals surface area (Å²) in [6.45, 7) is 0. The summed E-state index contributed by atoms with van der Waals surface area (Å²) in [5, 5.41) is 8.68. The third kappa shape index (κ3) is 1.60. The molecule has 2 heterocycles. The standard InChI is InChI=1S/C8H5N3O2S/c12-8(13)7-3-5(11-14-7)6-4-9-1-2-10-6/h1-4H,(H,12,13). The van der Waals surface area contributed by atoms with Crippen molar-refractivity contribution < 1.29 is 9.90 Å². The molecule has 0 spiro atoms. The van der Waals surface area contributed by atoms with Gasteiger partial charge in [0.15, 0.2) is 0 Å². The molecule has 5 nitrogen and oxygen atoms in total. The number of carboxylic acids is 1. The fourth-order valence-electron chi connectivity index (χ4n) is 0.928. The summed E-state index contributed by atoms with van der Waals surface area (Å²) in [5.74, 6) is -0.974. The lowest BCUT2D eigenvalue weighted by atomic mass is 10.3. The van der Waals surface area contributed by atoms with E-state index in [0.29, 0.717) is 11.4 Å². The molecule has 0 unspecified atom stereocenters. The first-order valence-electron chi connectivity index (χ1n) is 3.74. The fraction of sp³-hybridized carbons (Fsp3) is 0. The van der Waals surface area contributed by atoms with Crippen molar-refractivity contribution in [2.75, 3.05) is 0 Å². The van der Waals surface area contributed by atoms with Gasteiger partial charge in [0.25, 0.3) is 0 Å². The maximum atomic E-state index is 10.6. The van der Waals surface area contributed by atoms with Gasteiger partial charge in [-0.1, -0.05) is 0 Å². The minimum absolute atomic E-state index is 0.200. The van der Waals surface area contributed by atoms with Gasteiger partial charge in [0.05, 0.1) is 6.20 Å². The molecule has 0 radical (unpaired) electrons. The number of carbonyl (C=O) groups is 1. The first-order valence-corrected chi connectivity index (χ1v) is 4.51. The Morgan fingerprint density at radius 2 is 2.21 bits per heavy atom. The average molecular weight is 207 g/mol. The Hall–Kier alpha value is -1.82. The van der Waals surface area contributed by atoms with Crippen molar-refractivity contribution in [3.63, 3.8) is 0 Å². The van der Waals surface area contributed by atoms with Crippen LogP contribution < -0.4 is 0 Å². The van der Waals surface area contributed by atoms with Gasteiger partial charge in [0.1, 0.15) is 16.3 Å². The third-order valence-electron chi connectivity index (χ3n) is 1.55. The number of hydrogen-bond acceptors (Lipinski definition) is 5. The molecule has 14 heavy (non-hydrogen) atoms. The van der Waals surface area contributed by atoms with Crippen molar-refractivity contribution in [1.29, 1.82) is 0 Å². The second kappa shape index (κ2) is 3.51. The zero-order valence-electron chi connectivity index (χ0n) is 6.91. The number of aromatic nitrogens is 3. The Morgan fingerprint density at radius 3 is 2.79 bits per heavy atom. The van der Waals surface area contributed by atoms with E-state index < -0.39 is 5.97 Å². The van der Waals surface area contributed by atoms with Gasteiger partial charge in [-0.15, -0.1) is 0 Å². The number of nitrogens with zero attached hydrogens (tertiary/aromatic N) is 3.